The molecule has 0 bridgehead atoms. The maximum Gasteiger partial charge on any atom is 0.334 e. The number of fused-ring (bicyclic) bond motifs is 2. The van der Waals surface area contributed by atoms with Crippen molar-refractivity contribution in [3.8, 4) is 0 Å². The molecule has 0 spiro atoms. The maximum absolute atomic E-state index is 11.7. The number of carbonyl (C=O) groups excluding carboxylic acids is 1. The first kappa shape index (κ1) is 12.9. The summed E-state index contributed by atoms with van der Waals surface area (Å²) in [6.45, 7) is 7.84. The average Bonchev–Trinajstić information content (AvgIpc) is 2.84. The normalized spacial score (nSPS) is 48.7. The second-order valence-corrected chi connectivity index (χ2v) is 6.22. The van der Waals surface area contributed by atoms with Crippen LogP contribution in [0, 0.1) is 5.92 Å². The second kappa shape index (κ2) is 4.18. The zero-order valence-corrected chi connectivity index (χ0v) is 11.4. The second-order valence-electron chi connectivity index (χ2n) is 6.22. The largest absolute Gasteiger partial charge is 0.458 e. The lowest BCUT2D eigenvalue weighted by Gasteiger charge is -2.20. The molecule has 0 radical (unpaired) electrons. The number of aliphatic hydroxyl groups excluding tert-OH is 1. The Kier molecular flexibility index (Phi) is 2.84. The minimum Gasteiger partial charge on any atom is -0.458 e. The van der Waals surface area contributed by atoms with Gasteiger partial charge in [0.25, 0.3) is 0 Å². The molecule has 2 fully saturated rings. The monoisotopic (exact) mass is 264 g/mol. The van der Waals surface area contributed by atoms with Crippen molar-refractivity contribution >= 4 is 5.97 Å². The van der Waals surface area contributed by atoms with E-state index in [-0.39, 0.29) is 29.7 Å². The predicted molar refractivity (Wildman–Crippen MR) is 69.4 cm³/mol. The molecule has 0 aromatic heterocycles. The van der Waals surface area contributed by atoms with E-state index in [0.29, 0.717) is 18.4 Å². The Morgan fingerprint density at radius 3 is 3.00 bits per heavy atom. The van der Waals surface area contributed by atoms with Crippen molar-refractivity contribution in [1.29, 1.82) is 0 Å². The summed E-state index contributed by atoms with van der Waals surface area (Å²) in [6, 6.07) is 0. The highest BCUT2D eigenvalue weighted by Gasteiger charge is 2.55. The van der Waals surface area contributed by atoms with Crippen LogP contribution in [0.15, 0.2) is 23.8 Å². The molecule has 2 heterocycles. The van der Waals surface area contributed by atoms with Crippen LogP contribution in [-0.4, -0.2) is 35.0 Å². The van der Waals surface area contributed by atoms with Crippen molar-refractivity contribution in [2.45, 2.75) is 57.0 Å². The highest BCUT2D eigenvalue weighted by atomic mass is 16.6. The Morgan fingerprint density at radius 1 is 1.53 bits per heavy atom. The van der Waals surface area contributed by atoms with E-state index in [1.807, 2.05) is 19.9 Å². The fourth-order valence-electron chi connectivity index (χ4n) is 3.34. The molecule has 2 saturated heterocycles. The Bertz CT molecular complexity index is 467. The molecule has 0 amide bonds. The first-order valence-electron chi connectivity index (χ1n) is 6.82. The molecule has 5 atom stereocenters. The number of aliphatic hydroxyl groups is 1. The Labute approximate surface area is 113 Å². The van der Waals surface area contributed by atoms with Crippen molar-refractivity contribution in [2.24, 2.45) is 5.92 Å². The molecular weight excluding hydrogens is 244 g/mol. The van der Waals surface area contributed by atoms with Gasteiger partial charge in [0, 0.05) is 24.3 Å². The minimum atomic E-state index is -0.494. The van der Waals surface area contributed by atoms with Crippen LogP contribution in [0.25, 0.3) is 0 Å². The Morgan fingerprint density at radius 2 is 2.26 bits per heavy atom. The van der Waals surface area contributed by atoms with E-state index in [2.05, 4.69) is 6.58 Å². The number of hydrogen-bond acceptors (Lipinski definition) is 4. The van der Waals surface area contributed by atoms with Gasteiger partial charge >= 0.3 is 5.97 Å². The molecule has 0 saturated carbocycles. The molecule has 1 N–H and O–H groups in total. The topological polar surface area (TPSA) is 59.1 Å². The molecule has 0 aromatic rings. The number of esters is 1. The van der Waals surface area contributed by atoms with Crippen molar-refractivity contribution in [3.05, 3.63) is 23.8 Å². The highest BCUT2D eigenvalue weighted by Crippen LogP contribution is 2.48. The van der Waals surface area contributed by atoms with Gasteiger partial charge in [0.2, 0.25) is 0 Å². The molecule has 104 valence electrons. The summed E-state index contributed by atoms with van der Waals surface area (Å²) in [7, 11) is 0. The van der Waals surface area contributed by atoms with Crippen molar-refractivity contribution in [3.63, 3.8) is 0 Å². The Hall–Kier alpha value is -1.13. The summed E-state index contributed by atoms with van der Waals surface area (Å²) < 4.78 is 11.1. The lowest BCUT2D eigenvalue weighted by molar-refractivity contribution is -0.139. The summed E-state index contributed by atoms with van der Waals surface area (Å²) in [6.07, 6.45) is 3.31. The lowest BCUT2D eigenvalue weighted by atomic mass is 9.84. The molecular formula is C15H20O4. The summed E-state index contributed by atoms with van der Waals surface area (Å²) >= 11 is 0. The van der Waals surface area contributed by atoms with Gasteiger partial charge < -0.3 is 14.6 Å². The van der Waals surface area contributed by atoms with Gasteiger partial charge in [-0.2, -0.15) is 0 Å². The summed E-state index contributed by atoms with van der Waals surface area (Å²) in [4.78, 5) is 11.7. The van der Waals surface area contributed by atoms with Crippen LogP contribution in [0.5, 0.6) is 0 Å². The molecule has 0 aromatic carbocycles. The third-order valence-corrected chi connectivity index (χ3v) is 4.53. The van der Waals surface area contributed by atoms with E-state index in [0.717, 1.165) is 12.0 Å². The van der Waals surface area contributed by atoms with E-state index in [1.54, 1.807) is 0 Å². The lowest BCUT2D eigenvalue weighted by Crippen LogP contribution is -2.25. The van der Waals surface area contributed by atoms with E-state index >= 15 is 0 Å². The average molecular weight is 264 g/mol. The van der Waals surface area contributed by atoms with Gasteiger partial charge in [-0.15, -0.1) is 0 Å². The fraction of sp³-hybridized carbons (Fsp3) is 0.667. The van der Waals surface area contributed by atoms with Crippen LogP contribution in [0.2, 0.25) is 0 Å². The maximum atomic E-state index is 11.7. The number of ether oxygens (including phenoxy) is 2. The van der Waals surface area contributed by atoms with Crippen LogP contribution in [0.4, 0.5) is 0 Å². The zero-order valence-electron chi connectivity index (χ0n) is 11.4. The third-order valence-electron chi connectivity index (χ3n) is 4.53. The van der Waals surface area contributed by atoms with E-state index < -0.39 is 6.10 Å². The van der Waals surface area contributed by atoms with Crippen LogP contribution in [0.1, 0.15) is 33.1 Å². The number of rotatable bonds is 0. The van der Waals surface area contributed by atoms with Crippen molar-refractivity contribution in [1.82, 2.24) is 0 Å². The van der Waals surface area contributed by atoms with Crippen LogP contribution < -0.4 is 0 Å². The number of epoxide rings is 1. The third kappa shape index (κ3) is 2.23. The zero-order chi connectivity index (χ0) is 13.8. The van der Waals surface area contributed by atoms with Crippen LogP contribution in [0.3, 0.4) is 0 Å². The number of carbonyl (C=O) groups is 1. The molecule has 2 aliphatic heterocycles. The smallest absolute Gasteiger partial charge is 0.334 e. The van der Waals surface area contributed by atoms with Gasteiger partial charge in [0.15, 0.2) is 0 Å². The van der Waals surface area contributed by atoms with Gasteiger partial charge in [-0.3, -0.25) is 0 Å². The molecule has 1 unspecified atom stereocenters. The highest BCUT2D eigenvalue weighted by molar-refractivity contribution is 5.90. The van der Waals surface area contributed by atoms with Gasteiger partial charge in [0.1, 0.15) is 6.10 Å². The van der Waals surface area contributed by atoms with Crippen LogP contribution >= 0.6 is 0 Å². The quantitative estimate of drug-likeness (QED) is 0.313. The molecule has 3 rings (SSSR count). The summed E-state index contributed by atoms with van der Waals surface area (Å²) in [5, 5.41) is 10.0. The van der Waals surface area contributed by atoms with Gasteiger partial charge in [-0.05, 0) is 20.3 Å². The van der Waals surface area contributed by atoms with Crippen molar-refractivity contribution < 1.29 is 19.4 Å². The summed E-state index contributed by atoms with van der Waals surface area (Å²) in [5.41, 5.74) is 1.34. The van der Waals surface area contributed by atoms with E-state index in [9.17, 15) is 9.90 Å². The molecule has 19 heavy (non-hydrogen) atoms. The fourth-order valence-corrected chi connectivity index (χ4v) is 3.34. The minimum absolute atomic E-state index is 0.0397. The van der Waals surface area contributed by atoms with Gasteiger partial charge in [0.05, 0.1) is 17.8 Å². The predicted octanol–water partition coefficient (Wildman–Crippen LogP) is 1.73. The first-order valence-corrected chi connectivity index (χ1v) is 6.82. The molecule has 4 nitrogen and oxygen atoms in total. The van der Waals surface area contributed by atoms with E-state index in [4.69, 9.17) is 9.47 Å². The molecule has 3 aliphatic rings. The summed E-state index contributed by atoms with van der Waals surface area (Å²) in [5.74, 6) is -0.247. The standard InChI is InChI=1S/C15H20O4/c1-8-4-10(16)7-15(3)13(19-15)6-11-9(2)14(17)18-12(11)5-8/h4,10-13,16H,2,5-7H2,1,3H3/b8-4-/t10-,11-,12?,13-,15-/m1/s1. The SMILES string of the molecule is C=C1C(=O)OC2C/C(C)=C\[C@@H](O)C[C@@]3(C)O[C@@H]3C[C@H]12. The van der Waals surface area contributed by atoms with Gasteiger partial charge in [-0.25, -0.2) is 4.79 Å². The van der Waals surface area contributed by atoms with Crippen LogP contribution in [-0.2, 0) is 14.3 Å². The molecule has 1 aliphatic carbocycles. The first-order chi connectivity index (χ1) is 8.89. The number of hydrogen-bond donors (Lipinski definition) is 1. The molecule has 4 heteroatoms. The van der Waals surface area contributed by atoms with E-state index in [1.165, 1.54) is 0 Å². The van der Waals surface area contributed by atoms with Crippen molar-refractivity contribution in [2.75, 3.05) is 0 Å². The van der Waals surface area contributed by atoms with Gasteiger partial charge in [-0.1, -0.05) is 18.2 Å². The Balaban J connectivity index is 1.88.